The van der Waals surface area contributed by atoms with Crippen LogP contribution in [0.25, 0.3) is 0 Å². The summed E-state index contributed by atoms with van der Waals surface area (Å²) in [6.45, 7) is 4.36. The number of hydrogen-bond acceptors (Lipinski definition) is 2. The van der Waals surface area contributed by atoms with Crippen LogP contribution in [0.5, 0.6) is 0 Å². The van der Waals surface area contributed by atoms with Crippen molar-refractivity contribution in [3.05, 3.63) is 35.4 Å². The second-order valence-corrected chi connectivity index (χ2v) is 5.11. The molecule has 1 rings (SSSR count). The molecule has 0 saturated heterocycles. The van der Waals surface area contributed by atoms with Crippen LogP contribution in [0.3, 0.4) is 0 Å². The Kier molecular flexibility index (Phi) is 13.9. The summed E-state index contributed by atoms with van der Waals surface area (Å²) in [5.41, 5.74) is 2.42. The van der Waals surface area contributed by atoms with Gasteiger partial charge in [0.2, 0.25) is 0 Å². The molecule has 0 aliphatic rings. The van der Waals surface area contributed by atoms with E-state index in [0.717, 1.165) is 12.0 Å². The molecule has 0 aliphatic heterocycles. The molecule has 0 atom stereocenters. The molecule has 1 aromatic rings. The van der Waals surface area contributed by atoms with Crippen LogP contribution >= 0.6 is 0 Å². The predicted octanol–water partition coefficient (Wildman–Crippen LogP) is 4.47. The van der Waals surface area contributed by atoms with Crippen LogP contribution in [-0.4, -0.2) is 16.8 Å². The van der Waals surface area contributed by atoms with E-state index >= 15 is 0 Å². The molecule has 1 aromatic carbocycles. The van der Waals surface area contributed by atoms with Crippen LogP contribution in [0.2, 0.25) is 0 Å². The number of rotatable bonds is 9. The summed E-state index contributed by atoms with van der Waals surface area (Å²) in [6.07, 6.45) is 10.5. The van der Waals surface area contributed by atoms with E-state index in [9.17, 15) is 5.11 Å². The van der Waals surface area contributed by atoms with Crippen LogP contribution in [0.1, 0.15) is 69.9 Å². The van der Waals surface area contributed by atoms with Crippen LogP contribution in [0.15, 0.2) is 24.3 Å². The van der Waals surface area contributed by atoms with Crippen LogP contribution in [0.4, 0.5) is 0 Å². The summed E-state index contributed by atoms with van der Waals surface area (Å²) in [4.78, 5) is 0. The highest BCUT2D eigenvalue weighted by Crippen LogP contribution is 2.14. The van der Waals surface area contributed by atoms with E-state index < -0.39 is 0 Å². The first kappa shape index (κ1) is 19.1. The number of aryl methyl sites for hydroxylation is 1. The molecular weight excluding hydrogens is 248 g/mol. The molecular formula is C18H32O2. The van der Waals surface area contributed by atoms with Gasteiger partial charge in [0.15, 0.2) is 0 Å². The third kappa shape index (κ3) is 9.99. The largest absolute Gasteiger partial charge is 0.397 e. The fraction of sp³-hybridized carbons (Fsp3) is 0.667. The molecule has 0 heterocycles. The molecule has 0 saturated carbocycles. The SMILES string of the molecule is CCCCCCCCCc1ccccc1CO.CCO. The second-order valence-electron chi connectivity index (χ2n) is 5.11. The second kappa shape index (κ2) is 14.5. The Balaban J connectivity index is 0.00000110. The third-order valence-corrected chi connectivity index (χ3v) is 3.34. The fourth-order valence-corrected chi connectivity index (χ4v) is 2.23. The Morgan fingerprint density at radius 1 is 0.750 bits per heavy atom. The van der Waals surface area contributed by atoms with Crippen LogP contribution in [-0.2, 0) is 13.0 Å². The average Bonchev–Trinajstić information content (AvgIpc) is 2.47. The summed E-state index contributed by atoms with van der Waals surface area (Å²) in [7, 11) is 0. The Labute approximate surface area is 124 Å². The number of aliphatic hydroxyl groups excluding tert-OH is 2. The summed E-state index contributed by atoms with van der Waals surface area (Å²) in [5, 5.41) is 16.8. The molecule has 20 heavy (non-hydrogen) atoms. The zero-order valence-corrected chi connectivity index (χ0v) is 13.3. The smallest absolute Gasteiger partial charge is 0.0684 e. The molecule has 0 unspecified atom stereocenters. The molecule has 0 amide bonds. The highest BCUT2D eigenvalue weighted by molar-refractivity contribution is 5.26. The van der Waals surface area contributed by atoms with E-state index in [1.54, 1.807) is 6.92 Å². The maximum atomic E-state index is 9.22. The zero-order chi connectivity index (χ0) is 15.1. The lowest BCUT2D eigenvalue weighted by Gasteiger charge is -2.06. The van der Waals surface area contributed by atoms with Gasteiger partial charge in [-0.3, -0.25) is 0 Å². The fourth-order valence-electron chi connectivity index (χ4n) is 2.23. The molecule has 0 bridgehead atoms. The lowest BCUT2D eigenvalue weighted by Crippen LogP contribution is -1.94. The van der Waals surface area contributed by atoms with Crippen molar-refractivity contribution < 1.29 is 10.2 Å². The summed E-state index contributed by atoms with van der Waals surface area (Å²) in [6, 6.07) is 8.23. The standard InChI is InChI=1S/C16H26O.C2H6O/c1-2-3-4-5-6-7-8-11-15-12-9-10-13-16(15)14-17;1-2-3/h9-10,12-13,17H,2-8,11,14H2,1H3;3H,2H2,1H3. The zero-order valence-electron chi connectivity index (χ0n) is 13.3. The minimum Gasteiger partial charge on any atom is -0.397 e. The lowest BCUT2D eigenvalue weighted by molar-refractivity contribution is 0.280. The summed E-state index contributed by atoms with van der Waals surface area (Å²) < 4.78 is 0. The highest BCUT2D eigenvalue weighted by atomic mass is 16.3. The average molecular weight is 280 g/mol. The van der Waals surface area contributed by atoms with Gasteiger partial charge in [-0.15, -0.1) is 0 Å². The van der Waals surface area contributed by atoms with Gasteiger partial charge in [0, 0.05) is 6.61 Å². The number of hydrogen-bond donors (Lipinski definition) is 2. The van der Waals surface area contributed by atoms with E-state index in [-0.39, 0.29) is 13.2 Å². The lowest BCUT2D eigenvalue weighted by atomic mass is 10.0. The Morgan fingerprint density at radius 2 is 1.25 bits per heavy atom. The monoisotopic (exact) mass is 280 g/mol. The van der Waals surface area contributed by atoms with Crippen molar-refractivity contribution in [3.8, 4) is 0 Å². The molecule has 0 radical (unpaired) electrons. The van der Waals surface area contributed by atoms with E-state index in [4.69, 9.17) is 5.11 Å². The van der Waals surface area contributed by atoms with Gasteiger partial charge in [0.05, 0.1) is 6.61 Å². The van der Waals surface area contributed by atoms with E-state index in [0.29, 0.717) is 0 Å². The quantitative estimate of drug-likeness (QED) is 0.655. The number of aliphatic hydroxyl groups is 2. The number of benzene rings is 1. The van der Waals surface area contributed by atoms with Crippen molar-refractivity contribution in [3.63, 3.8) is 0 Å². The van der Waals surface area contributed by atoms with Crippen LogP contribution < -0.4 is 0 Å². The molecule has 2 heteroatoms. The van der Waals surface area contributed by atoms with Gasteiger partial charge in [0.1, 0.15) is 0 Å². The normalized spacial score (nSPS) is 10.0. The van der Waals surface area contributed by atoms with Crippen molar-refractivity contribution >= 4 is 0 Å². The van der Waals surface area contributed by atoms with Crippen LogP contribution in [0, 0.1) is 0 Å². The predicted molar refractivity (Wildman–Crippen MR) is 86.8 cm³/mol. The molecule has 0 aliphatic carbocycles. The molecule has 116 valence electrons. The maximum Gasteiger partial charge on any atom is 0.0684 e. The molecule has 0 aromatic heterocycles. The van der Waals surface area contributed by atoms with E-state index in [1.807, 2.05) is 12.1 Å². The van der Waals surface area contributed by atoms with Crippen molar-refractivity contribution in [2.24, 2.45) is 0 Å². The molecule has 0 fully saturated rings. The highest BCUT2D eigenvalue weighted by Gasteiger charge is 1.99. The molecule has 2 nitrogen and oxygen atoms in total. The van der Waals surface area contributed by atoms with Gasteiger partial charge in [-0.1, -0.05) is 69.7 Å². The van der Waals surface area contributed by atoms with Gasteiger partial charge in [-0.25, -0.2) is 0 Å². The Bertz CT molecular complexity index is 310. The Morgan fingerprint density at radius 3 is 1.80 bits per heavy atom. The third-order valence-electron chi connectivity index (χ3n) is 3.34. The van der Waals surface area contributed by atoms with Crippen molar-refractivity contribution in [2.45, 2.75) is 71.8 Å². The first-order valence-electron chi connectivity index (χ1n) is 8.08. The summed E-state index contributed by atoms with van der Waals surface area (Å²) >= 11 is 0. The summed E-state index contributed by atoms with van der Waals surface area (Å²) in [5.74, 6) is 0. The minimum atomic E-state index is 0.173. The topological polar surface area (TPSA) is 40.5 Å². The van der Waals surface area contributed by atoms with E-state index in [2.05, 4.69) is 19.1 Å². The van der Waals surface area contributed by atoms with Gasteiger partial charge in [-0.2, -0.15) is 0 Å². The first-order valence-corrected chi connectivity index (χ1v) is 8.08. The molecule has 0 spiro atoms. The van der Waals surface area contributed by atoms with Gasteiger partial charge < -0.3 is 10.2 Å². The van der Waals surface area contributed by atoms with Gasteiger partial charge >= 0.3 is 0 Å². The van der Waals surface area contributed by atoms with Crippen molar-refractivity contribution in [1.29, 1.82) is 0 Å². The van der Waals surface area contributed by atoms with Gasteiger partial charge in [0.25, 0.3) is 0 Å². The first-order chi connectivity index (χ1) is 9.79. The maximum absolute atomic E-state index is 9.22. The Hall–Kier alpha value is -0.860. The van der Waals surface area contributed by atoms with Crippen molar-refractivity contribution in [2.75, 3.05) is 6.61 Å². The molecule has 2 N–H and O–H groups in total. The van der Waals surface area contributed by atoms with E-state index in [1.165, 1.54) is 50.5 Å². The van der Waals surface area contributed by atoms with Crippen molar-refractivity contribution in [1.82, 2.24) is 0 Å². The minimum absolute atomic E-state index is 0.173. The van der Waals surface area contributed by atoms with Gasteiger partial charge in [-0.05, 0) is 30.9 Å². The number of unbranched alkanes of at least 4 members (excludes halogenated alkanes) is 6.